The monoisotopic (exact) mass is 536 g/mol. The molecule has 0 radical (unpaired) electrons. The molecule has 1 amide bonds. The summed E-state index contributed by atoms with van der Waals surface area (Å²) in [7, 11) is 0. The molecule has 1 saturated heterocycles. The Morgan fingerprint density at radius 3 is 2.41 bits per heavy atom. The van der Waals surface area contributed by atoms with Gasteiger partial charge in [-0.05, 0) is 73.0 Å². The normalized spacial score (nSPS) is 17.6. The third kappa shape index (κ3) is 3.73. The Balaban J connectivity index is 1.74. The fraction of sp³-hybridized carbons (Fsp3) is 0.115. The van der Waals surface area contributed by atoms with Crippen LogP contribution in [0.2, 0.25) is 0 Å². The molecule has 1 aliphatic heterocycles. The van der Waals surface area contributed by atoms with E-state index in [9.17, 15) is 19.1 Å². The van der Waals surface area contributed by atoms with Gasteiger partial charge in [0.1, 0.15) is 11.6 Å². The number of fused-ring (bicyclic) bond motifs is 1. The Morgan fingerprint density at radius 2 is 1.74 bits per heavy atom. The van der Waals surface area contributed by atoms with Crippen LogP contribution in [-0.2, 0) is 9.59 Å². The maximum atomic E-state index is 13.5. The van der Waals surface area contributed by atoms with Gasteiger partial charge < -0.3 is 5.11 Å². The summed E-state index contributed by atoms with van der Waals surface area (Å²) in [5.74, 6) is -2.42. The van der Waals surface area contributed by atoms with Crippen molar-refractivity contribution in [2.75, 3.05) is 4.90 Å². The first-order valence-corrected chi connectivity index (χ1v) is 12.1. The van der Waals surface area contributed by atoms with Crippen LogP contribution < -0.4 is 4.90 Å². The molecule has 1 aliphatic rings. The molecule has 0 aliphatic carbocycles. The second kappa shape index (κ2) is 8.45. The molecule has 2 heterocycles. The van der Waals surface area contributed by atoms with E-state index in [1.54, 1.807) is 24.3 Å². The maximum Gasteiger partial charge on any atom is 0.301 e. The smallest absolute Gasteiger partial charge is 0.301 e. The topological polar surface area (TPSA) is 70.5 Å². The minimum absolute atomic E-state index is 0.0638. The van der Waals surface area contributed by atoms with E-state index in [1.165, 1.54) is 40.5 Å². The van der Waals surface area contributed by atoms with Gasteiger partial charge in [0.05, 0.1) is 21.8 Å². The third-order valence-corrected chi connectivity index (χ3v) is 7.30. The van der Waals surface area contributed by atoms with E-state index >= 15 is 0 Å². The van der Waals surface area contributed by atoms with Gasteiger partial charge >= 0.3 is 5.91 Å². The molecular weight excluding hydrogens is 519 g/mol. The number of aliphatic hydroxyl groups excluding tert-OH is 1. The highest BCUT2D eigenvalue weighted by atomic mass is 79.9. The number of aliphatic hydroxyl groups is 1. The van der Waals surface area contributed by atoms with Crippen molar-refractivity contribution in [1.29, 1.82) is 0 Å². The average molecular weight is 537 g/mol. The first kappa shape index (κ1) is 22.4. The number of benzene rings is 3. The molecule has 0 saturated carbocycles. The number of thiazole rings is 1. The number of nitrogens with zero attached hydrogens (tertiary/aromatic N) is 2. The number of ketones is 1. The quantitative estimate of drug-likeness (QED) is 0.186. The van der Waals surface area contributed by atoms with E-state index in [0.29, 0.717) is 10.7 Å². The standard InChI is InChI=1S/C26H18BrFN2O3S/c1-13-11-14(2)21-19(12-13)34-26(29-21)30-22(15-3-7-17(27)8-4-15)20(24(32)25(30)33)23(31)16-5-9-18(28)10-6-16/h3-12,22,31H,1-2H3/b23-20+/t22-/m1/s1. The lowest BCUT2D eigenvalue weighted by molar-refractivity contribution is -0.132. The van der Waals surface area contributed by atoms with Gasteiger partial charge in [0.25, 0.3) is 5.78 Å². The van der Waals surface area contributed by atoms with Gasteiger partial charge in [-0.3, -0.25) is 14.5 Å². The van der Waals surface area contributed by atoms with Gasteiger partial charge in [-0.2, -0.15) is 0 Å². The highest BCUT2D eigenvalue weighted by Crippen LogP contribution is 2.44. The maximum absolute atomic E-state index is 13.5. The fourth-order valence-corrected chi connectivity index (χ4v) is 5.65. The molecule has 1 aromatic heterocycles. The van der Waals surface area contributed by atoms with Gasteiger partial charge in [0, 0.05) is 10.0 Å². The van der Waals surface area contributed by atoms with Crippen molar-refractivity contribution in [2.24, 2.45) is 0 Å². The van der Waals surface area contributed by atoms with Crippen molar-refractivity contribution < 1.29 is 19.1 Å². The largest absolute Gasteiger partial charge is 0.507 e. The molecule has 4 aromatic rings. The molecule has 1 N–H and O–H groups in total. The van der Waals surface area contributed by atoms with E-state index in [2.05, 4.69) is 15.9 Å². The molecule has 0 bridgehead atoms. The van der Waals surface area contributed by atoms with Crippen molar-refractivity contribution in [3.8, 4) is 0 Å². The summed E-state index contributed by atoms with van der Waals surface area (Å²) >= 11 is 4.73. The number of anilines is 1. The number of hydrogen-bond acceptors (Lipinski definition) is 5. The Hall–Kier alpha value is -3.36. The minimum atomic E-state index is -0.889. The first-order valence-electron chi connectivity index (χ1n) is 10.4. The number of carbonyl (C=O) groups excluding carboxylic acids is 2. The SMILES string of the molecule is Cc1cc(C)c2nc(N3C(=O)C(=O)/C(=C(/O)c4ccc(F)cc4)[C@H]3c3ccc(Br)cc3)sc2c1. The number of rotatable bonds is 3. The molecule has 1 atom stereocenters. The fourth-order valence-electron chi connectivity index (χ4n) is 4.22. The van der Waals surface area contributed by atoms with Crippen LogP contribution in [0.25, 0.3) is 16.0 Å². The predicted molar refractivity (Wildman–Crippen MR) is 134 cm³/mol. The van der Waals surface area contributed by atoms with E-state index in [0.717, 1.165) is 25.8 Å². The zero-order valence-electron chi connectivity index (χ0n) is 18.2. The van der Waals surface area contributed by atoms with Crippen molar-refractivity contribution >= 4 is 60.1 Å². The second-order valence-electron chi connectivity index (χ2n) is 8.15. The zero-order valence-corrected chi connectivity index (χ0v) is 20.6. The highest BCUT2D eigenvalue weighted by molar-refractivity contribution is 9.10. The number of carbonyl (C=O) groups is 2. The van der Waals surface area contributed by atoms with Gasteiger partial charge in [-0.25, -0.2) is 9.37 Å². The van der Waals surface area contributed by atoms with E-state index in [4.69, 9.17) is 4.98 Å². The molecule has 0 unspecified atom stereocenters. The van der Waals surface area contributed by atoms with E-state index < -0.39 is 23.5 Å². The number of amides is 1. The summed E-state index contributed by atoms with van der Waals surface area (Å²) < 4.78 is 15.2. The number of hydrogen-bond donors (Lipinski definition) is 1. The second-order valence-corrected chi connectivity index (χ2v) is 10.1. The van der Waals surface area contributed by atoms with Crippen LogP contribution in [0.5, 0.6) is 0 Å². The van der Waals surface area contributed by atoms with E-state index in [-0.39, 0.29) is 16.9 Å². The van der Waals surface area contributed by atoms with Crippen LogP contribution in [0, 0.1) is 19.7 Å². The average Bonchev–Trinajstić information content (AvgIpc) is 3.33. The van der Waals surface area contributed by atoms with Crippen molar-refractivity contribution in [1.82, 2.24) is 4.98 Å². The number of aryl methyl sites for hydroxylation is 2. The van der Waals surface area contributed by atoms with Crippen LogP contribution >= 0.6 is 27.3 Å². The van der Waals surface area contributed by atoms with E-state index in [1.807, 2.05) is 26.0 Å². The molecule has 0 spiro atoms. The summed E-state index contributed by atoms with van der Waals surface area (Å²) in [5.41, 5.74) is 3.63. The number of Topliss-reactive ketones (excluding diaryl/α,β-unsaturated/α-hetero) is 1. The molecular formula is C26H18BrFN2O3S. The van der Waals surface area contributed by atoms with Crippen molar-refractivity contribution in [3.05, 3.63) is 98.8 Å². The molecule has 3 aromatic carbocycles. The molecule has 8 heteroatoms. The lowest BCUT2D eigenvalue weighted by atomic mass is 9.95. The zero-order chi connectivity index (χ0) is 24.1. The van der Waals surface area contributed by atoms with Crippen LogP contribution in [0.4, 0.5) is 9.52 Å². The Morgan fingerprint density at radius 1 is 1.06 bits per heavy atom. The number of aromatic nitrogens is 1. The summed E-state index contributed by atoms with van der Waals surface area (Å²) in [4.78, 5) is 32.6. The van der Waals surface area contributed by atoms with Gasteiger partial charge in [0.2, 0.25) is 0 Å². The lowest BCUT2D eigenvalue weighted by Gasteiger charge is -2.23. The Labute approximate surface area is 207 Å². The third-order valence-electron chi connectivity index (χ3n) is 5.77. The van der Waals surface area contributed by atoms with Crippen molar-refractivity contribution in [3.63, 3.8) is 0 Å². The summed E-state index contributed by atoms with van der Waals surface area (Å²) in [6, 6.07) is 15.4. The first-order chi connectivity index (χ1) is 16.2. The summed E-state index contributed by atoms with van der Waals surface area (Å²) in [5, 5.41) is 11.5. The van der Waals surface area contributed by atoms with Crippen molar-refractivity contribution in [2.45, 2.75) is 19.9 Å². The minimum Gasteiger partial charge on any atom is -0.507 e. The van der Waals surface area contributed by atoms with Crippen LogP contribution in [-0.4, -0.2) is 21.8 Å². The Bertz CT molecular complexity index is 1490. The molecule has 34 heavy (non-hydrogen) atoms. The Kier molecular flexibility index (Phi) is 5.58. The molecule has 5 rings (SSSR count). The van der Waals surface area contributed by atoms with Gasteiger partial charge in [-0.15, -0.1) is 0 Å². The highest BCUT2D eigenvalue weighted by Gasteiger charge is 2.48. The molecule has 1 fully saturated rings. The number of halogens is 2. The van der Waals surface area contributed by atoms with Crippen LogP contribution in [0.1, 0.15) is 28.3 Å². The predicted octanol–water partition coefficient (Wildman–Crippen LogP) is 6.44. The summed E-state index contributed by atoms with van der Waals surface area (Å²) in [6.07, 6.45) is 0. The van der Waals surface area contributed by atoms with Crippen LogP contribution in [0.3, 0.4) is 0 Å². The van der Waals surface area contributed by atoms with Gasteiger partial charge in [0.15, 0.2) is 5.13 Å². The van der Waals surface area contributed by atoms with Gasteiger partial charge in [-0.1, -0.05) is 45.5 Å². The van der Waals surface area contributed by atoms with Crippen LogP contribution in [0.15, 0.2) is 70.7 Å². The molecule has 5 nitrogen and oxygen atoms in total. The molecule has 170 valence electrons. The summed E-state index contributed by atoms with van der Waals surface area (Å²) in [6.45, 7) is 3.94. The lowest BCUT2D eigenvalue weighted by Crippen LogP contribution is -2.29.